The van der Waals surface area contributed by atoms with Crippen LogP contribution in [0.1, 0.15) is 5.56 Å². The molecule has 4 heteroatoms. The highest BCUT2D eigenvalue weighted by Crippen LogP contribution is 2.41. The van der Waals surface area contributed by atoms with Crippen LogP contribution in [0.3, 0.4) is 0 Å². The van der Waals surface area contributed by atoms with Crippen molar-refractivity contribution in [1.82, 2.24) is 9.13 Å². The molecule has 3 heterocycles. The predicted octanol–water partition coefficient (Wildman–Crippen LogP) is 13.5. The Morgan fingerprint density at radius 2 is 0.887 bits per heavy atom. The zero-order valence-electron chi connectivity index (χ0n) is 28.5. The number of hydrogen-bond donors (Lipinski definition) is 0. The van der Waals surface area contributed by atoms with Gasteiger partial charge in [-0.15, -0.1) is 11.3 Å². The van der Waals surface area contributed by atoms with Crippen LogP contribution in [0.5, 0.6) is 0 Å². The Kier molecular flexibility index (Phi) is 6.48. The molecule has 0 spiro atoms. The van der Waals surface area contributed by atoms with E-state index in [1.165, 1.54) is 75.0 Å². The Morgan fingerprint density at radius 1 is 0.396 bits per heavy atom. The van der Waals surface area contributed by atoms with E-state index in [4.69, 9.17) is 0 Å². The minimum Gasteiger partial charge on any atom is -0.309 e. The summed E-state index contributed by atoms with van der Waals surface area (Å²) in [5, 5.41) is 16.9. The van der Waals surface area contributed by atoms with Gasteiger partial charge in [0.1, 0.15) is 0 Å². The van der Waals surface area contributed by atoms with Gasteiger partial charge in [-0.05, 0) is 101 Å². The van der Waals surface area contributed by atoms with E-state index in [-0.39, 0.29) is 0 Å². The van der Waals surface area contributed by atoms with Gasteiger partial charge in [-0.3, -0.25) is 0 Å². The lowest BCUT2D eigenvalue weighted by molar-refractivity contribution is 1.18. The monoisotopic (exact) mass is 691 g/mol. The first-order valence-corrected chi connectivity index (χ1v) is 18.6. The Hall–Kier alpha value is -6.93. The van der Waals surface area contributed by atoms with Gasteiger partial charge in [-0.25, -0.2) is 0 Å². The minimum atomic E-state index is 0.659. The van der Waals surface area contributed by atoms with Crippen LogP contribution in [0, 0.1) is 11.3 Å². The van der Waals surface area contributed by atoms with Gasteiger partial charge in [0.05, 0.1) is 33.7 Å². The second kappa shape index (κ2) is 11.5. The van der Waals surface area contributed by atoms with Crippen molar-refractivity contribution >= 4 is 75.1 Å². The molecule has 0 bridgehead atoms. The molecule has 0 saturated carbocycles. The number of para-hydroxylation sites is 2. The van der Waals surface area contributed by atoms with Crippen LogP contribution >= 0.6 is 11.3 Å². The summed E-state index contributed by atoms with van der Waals surface area (Å²) in [5.41, 5.74) is 12.4. The summed E-state index contributed by atoms with van der Waals surface area (Å²) in [5.74, 6) is 0. The fraction of sp³-hybridized carbons (Fsp3) is 0. The van der Waals surface area contributed by atoms with Crippen LogP contribution in [0.25, 0.3) is 97.4 Å². The van der Waals surface area contributed by atoms with Gasteiger partial charge in [0.25, 0.3) is 0 Å². The van der Waals surface area contributed by atoms with Crippen molar-refractivity contribution in [1.29, 1.82) is 5.26 Å². The number of fused-ring (bicyclic) bond motifs is 9. The lowest BCUT2D eigenvalue weighted by Gasteiger charge is -2.11. The molecular weight excluding hydrogens is 663 g/mol. The zero-order chi connectivity index (χ0) is 35.0. The highest BCUT2D eigenvalue weighted by molar-refractivity contribution is 7.26. The topological polar surface area (TPSA) is 33.6 Å². The van der Waals surface area contributed by atoms with Gasteiger partial charge in [-0.2, -0.15) is 5.26 Å². The van der Waals surface area contributed by atoms with Gasteiger partial charge in [0.15, 0.2) is 0 Å². The maximum absolute atomic E-state index is 9.37. The van der Waals surface area contributed by atoms with E-state index in [1.54, 1.807) is 0 Å². The molecule has 0 fully saturated rings. The highest BCUT2D eigenvalue weighted by Gasteiger charge is 2.17. The molecule has 3 aromatic heterocycles. The number of rotatable bonds is 4. The largest absolute Gasteiger partial charge is 0.309 e. The van der Waals surface area contributed by atoms with Crippen LogP contribution < -0.4 is 0 Å². The fourth-order valence-corrected chi connectivity index (χ4v) is 9.55. The molecule has 0 amide bonds. The second-order valence-corrected chi connectivity index (χ2v) is 14.7. The molecule has 0 aliphatic carbocycles. The molecule has 0 saturated heterocycles. The van der Waals surface area contributed by atoms with Crippen LogP contribution in [0.15, 0.2) is 176 Å². The van der Waals surface area contributed by atoms with E-state index >= 15 is 0 Å². The van der Waals surface area contributed by atoms with E-state index in [9.17, 15) is 5.26 Å². The molecule has 0 N–H and O–H groups in total. The Morgan fingerprint density at radius 3 is 1.49 bits per heavy atom. The second-order valence-electron chi connectivity index (χ2n) is 13.7. The smallest absolute Gasteiger partial charge is 0.0991 e. The summed E-state index contributed by atoms with van der Waals surface area (Å²) in [6.07, 6.45) is 0. The number of nitriles is 1. The molecule has 0 radical (unpaired) electrons. The Balaban J connectivity index is 1.02. The van der Waals surface area contributed by atoms with Gasteiger partial charge < -0.3 is 9.13 Å². The number of hydrogen-bond acceptors (Lipinski definition) is 2. The predicted molar refractivity (Wildman–Crippen MR) is 224 cm³/mol. The summed E-state index contributed by atoms with van der Waals surface area (Å²) in [4.78, 5) is 0. The first kappa shape index (κ1) is 29.8. The molecule has 0 atom stereocenters. The van der Waals surface area contributed by atoms with Gasteiger partial charge in [0, 0.05) is 53.1 Å². The number of benzene rings is 8. The zero-order valence-corrected chi connectivity index (χ0v) is 29.3. The van der Waals surface area contributed by atoms with Crippen LogP contribution in [0.4, 0.5) is 0 Å². The maximum Gasteiger partial charge on any atom is 0.0991 e. The lowest BCUT2D eigenvalue weighted by Crippen LogP contribution is -1.94. The molecule has 53 heavy (non-hydrogen) atoms. The first-order valence-electron chi connectivity index (χ1n) is 17.8. The molecule has 8 aromatic carbocycles. The van der Waals surface area contributed by atoms with Crippen LogP contribution in [-0.4, -0.2) is 9.13 Å². The van der Waals surface area contributed by atoms with E-state index < -0.39 is 0 Å². The van der Waals surface area contributed by atoms with Crippen molar-refractivity contribution in [2.45, 2.75) is 0 Å². The van der Waals surface area contributed by atoms with Crippen molar-refractivity contribution in [3.05, 3.63) is 181 Å². The standard InChI is InChI=1S/C49H29N3S/c50-30-31-16-22-35(23-17-31)51-44-13-4-1-8-38(44)42-28-33(20-26-46(42)51)34-21-27-47-43(29-34)39-9-2-5-14-45(39)52(47)36-24-18-32(19-25-36)37-11-7-12-41-40-10-3-6-15-48(40)53-49(37)41/h1-29H. The maximum atomic E-state index is 9.37. The number of nitrogens with zero attached hydrogens (tertiary/aromatic N) is 3. The van der Waals surface area contributed by atoms with Gasteiger partial charge in [-0.1, -0.05) is 97.1 Å². The van der Waals surface area contributed by atoms with Crippen LogP contribution in [0.2, 0.25) is 0 Å². The lowest BCUT2D eigenvalue weighted by atomic mass is 10.0. The molecule has 0 aliphatic heterocycles. The van der Waals surface area contributed by atoms with Crippen molar-refractivity contribution < 1.29 is 0 Å². The highest BCUT2D eigenvalue weighted by atomic mass is 32.1. The van der Waals surface area contributed by atoms with E-state index in [0.29, 0.717) is 5.56 Å². The SMILES string of the molecule is N#Cc1ccc(-n2c3ccccc3c3cc(-c4ccc5c(c4)c4ccccc4n5-c4ccc(-c5cccc6c5sc5ccccc56)cc4)ccc32)cc1. The normalized spacial score (nSPS) is 11.8. The number of thiophene rings is 1. The van der Waals surface area contributed by atoms with E-state index in [0.717, 1.165) is 22.4 Å². The summed E-state index contributed by atoms with van der Waals surface area (Å²) in [6.45, 7) is 0. The molecule has 11 rings (SSSR count). The third kappa shape index (κ3) is 4.52. The third-order valence-corrected chi connectivity index (χ3v) is 12.0. The average Bonchev–Trinajstić information content (AvgIpc) is 3.88. The van der Waals surface area contributed by atoms with E-state index in [2.05, 4.69) is 167 Å². The van der Waals surface area contributed by atoms with E-state index in [1.807, 2.05) is 35.6 Å². The molecule has 3 nitrogen and oxygen atoms in total. The molecule has 11 aromatic rings. The molecular formula is C49H29N3S. The Labute approximate surface area is 309 Å². The van der Waals surface area contributed by atoms with Gasteiger partial charge >= 0.3 is 0 Å². The number of aromatic nitrogens is 2. The molecule has 246 valence electrons. The minimum absolute atomic E-state index is 0.659. The summed E-state index contributed by atoms with van der Waals surface area (Å²) in [7, 11) is 0. The quantitative estimate of drug-likeness (QED) is 0.181. The van der Waals surface area contributed by atoms with Crippen molar-refractivity contribution in [2.75, 3.05) is 0 Å². The summed E-state index contributed by atoms with van der Waals surface area (Å²) in [6, 6.07) is 65.5. The van der Waals surface area contributed by atoms with Crippen LogP contribution in [-0.2, 0) is 0 Å². The van der Waals surface area contributed by atoms with Gasteiger partial charge in [0.2, 0.25) is 0 Å². The average molecular weight is 692 g/mol. The first-order chi connectivity index (χ1) is 26.2. The van der Waals surface area contributed by atoms with Crippen molar-refractivity contribution in [3.8, 4) is 39.7 Å². The fourth-order valence-electron chi connectivity index (χ4n) is 8.31. The Bertz CT molecular complexity index is 3280. The summed E-state index contributed by atoms with van der Waals surface area (Å²) < 4.78 is 7.35. The summed E-state index contributed by atoms with van der Waals surface area (Å²) >= 11 is 1.87. The van der Waals surface area contributed by atoms with Crippen molar-refractivity contribution in [3.63, 3.8) is 0 Å². The van der Waals surface area contributed by atoms with Crippen molar-refractivity contribution in [2.24, 2.45) is 0 Å². The molecule has 0 unspecified atom stereocenters. The third-order valence-electron chi connectivity index (χ3n) is 10.8. The molecule has 0 aliphatic rings.